The Morgan fingerprint density at radius 1 is 1.10 bits per heavy atom. The van der Waals surface area contributed by atoms with Gasteiger partial charge < -0.3 is 10.3 Å². The van der Waals surface area contributed by atoms with E-state index in [0.717, 1.165) is 47.8 Å². The van der Waals surface area contributed by atoms with E-state index in [1.54, 1.807) is 18.6 Å². The van der Waals surface area contributed by atoms with Gasteiger partial charge in [0.05, 0.1) is 24.1 Å². The van der Waals surface area contributed by atoms with Crippen LogP contribution < -0.4 is 5.32 Å². The Balaban J connectivity index is 1.19. The fourth-order valence-corrected chi connectivity index (χ4v) is 4.07. The summed E-state index contributed by atoms with van der Waals surface area (Å²) in [7, 11) is 0. The van der Waals surface area contributed by atoms with Crippen LogP contribution >= 0.6 is 0 Å². The Kier molecular flexibility index (Phi) is 4.56. The third-order valence-corrected chi connectivity index (χ3v) is 5.68. The van der Waals surface area contributed by atoms with Gasteiger partial charge in [-0.3, -0.25) is 19.4 Å². The highest BCUT2D eigenvalue weighted by atomic mass is 16.1. The van der Waals surface area contributed by atoms with E-state index in [0.29, 0.717) is 11.6 Å². The van der Waals surface area contributed by atoms with E-state index in [1.165, 1.54) is 0 Å². The average Bonchev–Trinajstić information content (AvgIpc) is 3.44. The van der Waals surface area contributed by atoms with Crippen molar-refractivity contribution in [3.63, 3.8) is 0 Å². The minimum atomic E-state index is 0.000535. The van der Waals surface area contributed by atoms with Gasteiger partial charge in [-0.2, -0.15) is 5.10 Å². The van der Waals surface area contributed by atoms with Crippen LogP contribution in [0.5, 0.6) is 0 Å². The van der Waals surface area contributed by atoms with Gasteiger partial charge in [0.15, 0.2) is 0 Å². The molecule has 7 heteroatoms. The number of aromatic nitrogens is 5. The number of nitrogens with zero attached hydrogens (tertiary/aromatic N) is 4. The lowest BCUT2D eigenvalue weighted by molar-refractivity contribution is 0.0922. The Bertz CT molecular complexity index is 1120. The molecule has 1 aliphatic carbocycles. The molecule has 1 amide bonds. The minimum absolute atomic E-state index is 0.000535. The smallest absolute Gasteiger partial charge is 0.251 e. The number of amides is 1. The highest BCUT2D eigenvalue weighted by Crippen LogP contribution is 2.29. The molecule has 5 rings (SSSR count). The van der Waals surface area contributed by atoms with Crippen molar-refractivity contribution in [2.24, 2.45) is 0 Å². The molecule has 29 heavy (non-hydrogen) atoms. The zero-order valence-electron chi connectivity index (χ0n) is 16.0. The Labute approximate surface area is 168 Å². The number of nitrogens with one attached hydrogen (secondary N) is 2. The van der Waals surface area contributed by atoms with Gasteiger partial charge >= 0.3 is 0 Å². The van der Waals surface area contributed by atoms with Crippen LogP contribution in [0.25, 0.3) is 22.2 Å². The molecule has 2 N–H and O–H groups in total. The fraction of sp³-hybridized carbons (Fsp3) is 0.273. The maximum Gasteiger partial charge on any atom is 0.251 e. The molecule has 4 aromatic rings. The summed E-state index contributed by atoms with van der Waals surface area (Å²) in [4.78, 5) is 24.2. The normalized spacial score (nSPS) is 19.3. The zero-order chi connectivity index (χ0) is 19.6. The number of carbonyl (C=O) groups is 1. The Morgan fingerprint density at radius 3 is 2.83 bits per heavy atom. The summed E-state index contributed by atoms with van der Waals surface area (Å²) in [5.41, 5.74) is 3.56. The van der Waals surface area contributed by atoms with Crippen LogP contribution in [-0.2, 0) is 0 Å². The van der Waals surface area contributed by atoms with Gasteiger partial charge in [-0.05, 0) is 49.9 Å². The zero-order valence-corrected chi connectivity index (χ0v) is 16.0. The maximum absolute atomic E-state index is 12.6. The number of benzene rings is 1. The highest BCUT2D eigenvalue weighted by molar-refractivity contribution is 5.98. The molecule has 0 saturated heterocycles. The summed E-state index contributed by atoms with van der Waals surface area (Å²) in [6.07, 6.45) is 14.7. The van der Waals surface area contributed by atoms with E-state index in [2.05, 4.69) is 25.4 Å². The van der Waals surface area contributed by atoms with Gasteiger partial charge in [-0.1, -0.05) is 0 Å². The number of rotatable bonds is 4. The maximum atomic E-state index is 12.6. The molecule has 1 aliphatic rings. The Hall–Kier alpha value is -3.48. The number of hydrogen-bond acceptors (Lipinski definition) is 4. The second-order valence-electron chi connectivity index (χ2n) is 7.56. The standard InChI is InChI=1S/C22H22N6O/c29-22(16-1-6-20-15(11-16)7-8-24-20)27-18-2-4-19(5-3-18)28-14-17(12-26-28)21-13-23-9-10-25-21/h1,6-14,18-19,24H,2-5H2,(H,27,29). The van der Waals surface area contributed by atoms with Gasteiger partial charge in [-0.15, -0.1) is 0 Å². The minimum Gasteiger partial charge on any atom is -0.361 e. The van der Waals surface area contributed by atoms with Gasteiger partial charge in [0, 0.05) is 52.9 Å². The summed E-state index contributed by atoms with van der Waals surface area (Å²) in [5.74, 6) is 0.000535. The first-order valence-corrected chi connectivity index (χ1v) is 9.95. The van der Waals surface area contributed by atoms with Crippen LogP contribution in [0.15, 0.2) is 61.4 Å². The summed E-state index contributed by atoms with van der Waals surface area (Å²) in [6.45, 7) is 0. The van der Waals surface area contributed by atoms with E-state index < -0.39 is 0 Å². The molecule has 0 atom stereocenters. The van der Waals surface area contributed by atoms with Gasteiger partial charge in [0.1, 0.15) is 0 Å². The number of fused-ring (bicyclic) bond motifs is 1. The molecular formula is C22H22N6O. The van der Waals surface area contributed by atoms with Crippen molar-refractivity contribution in [2.75, 3.05) is 0 Å². The fourth-order valence-electron chi connectivity index (χ4n) is 4.07. The van der Waals surface area contributed by atoms with Crippen LogP contribution in [0.3, 0.4) is 0 Å². The molecule has 0 radical (unpaired) electrons. The van der Waals surface area contributed by atoms with E-state index in [1.807, 2.05) is 47.5 Å². The first-order chi connectivity index (χ1) is 14.3. The number of hydrogen-bond donors (Lipinski definition) is 2. The topological polar surface area (TPSA) is 88.5 Å². The first-order valence-electron chi connectivity index (χ1n) is 9.95. The van der Waals surface area contributed by atoms with Crippen LogP contribution in [0, 0.1) is 0 Å². The number of carbonyl (C=O) groups excluding carboxylic acids is 1. The van der Waals surface area contributed by atoms with E-state index in [4.69, 9.17) is 0 Å². The quantitative estimate of drug-likeness (QED) is 0.559. The van der Waals surface area contributed by atoms with Crippen molar-refractivity contribution in [2.45, 2.75) is 37.8 Å². The average molecular weight is 386 g/mol. The van der Waals surface area contributed by atoms with Gasteiger partial charge in [-0.25, -0.2) is 0 Å². The van der Waals surface area contributed by atoms with E-state index in [9.17, 15) is 4.79 Å². The summed E-state index contributed by atoms with van der Waals surface area (Å²) >= 11 is 0. The third kappa shape index (κ3) is 3.63. The van der Waals surface area contributed by atoms with Gasteiger partial charge in [0.25, 0.3) is 5.91 Å². The second kappa shape index (κ2) is 7.50. The number of H-pyrrole nitrogens is 1. The molecule has 0 unspecified atom stereocenters. The largest absolute Gasteiger partial charge is 0.361 e. The summed E-state index contributed by atoms with van der Waals surface area (Å²) in [5, 5.41) is 8.78. The Morgan fingerprint density at radius 2 is 2.00 bits per heavy atom. The molecule has 1 aromatic carbocycles. The SMILES string of the molecule is O=C(NC1CCC(n2cc(-c3cnccn3)cn2)CC1)c1ccc2[nH]ccc2c1. The van der Waals surface area contributed by atoms with E-state index >= 15 is 0 Å². The van der Waals surface area contributed by atoms with Crippen molar-refractivity contribution in [3.05, 3.63) is 67.0 Å². The molecule has 146 valence electrons. The predicted octanol–water partition coefficient (Wildman–Crippen LogP) is 3.74. The summed E-state index contributed by atoms with van der Waals surface area (Å²) in [6, 6.07) is 8.30. The van der Waals surface area contributed by atoms with Crippen LogP contribution in [0.2, 0.25) is 0 Å². The first kappa shape index (κ1) is 17.6. The highest BCUT2D eigenvalue weighted by Gasteiger charge is 2.24. The molecule has 3 aromatic heterocycles. The second-order valence-corrected chi connectivity index (χ2v) is 7.56. The molecule has 0 spiro atoms. The number of aromatic amines is 1. The van der Waals surface area contributed by atoms with Crippen LogP contribution in [-0.4, -0.2) is 36.7 Å². The molecule has 3 heterocycles. The molecule has 7 nitrogen and oxygen atoms in total. The van der Waals surface area contributed by atoms with Crippen LogP contribution in [0.1, 0.15) is 42.1 Å². The molecule has 0 aliphatic heterocycles. The monoisotopic (exact) mass is 386 g/mol. The van der Waals surface area contributed by atoms with Gasteiger partial charge in [0.2, 0.25) is 0 Å². The van der Waals surface area contributed by atoms with Crippen molar-refractivity contribution in [1.29, 1.82) is 0 Å². The lowest BCUT2D eigenvalue weighted by Crippen LogP contribution is -2.38. The molecule has 1 fully saturated rings. The van der Waals surface area contributed by atoms with Crippen molar-refractivity contribution in [3.8, 4) is 11.3 Å². The van der Waals surface area contributed by atoms with Crippen molar-refractivity contribution >= 4 is 16.8 Å². The van der Waals surface area contributed by atoms with E-state index in [-0.39, 0.29) is 11.9 Å². The van der Waals surface area contributed by atoms with Crippen LogP contribution in [0.4, 0.5) is 0 Å². The van der Waals surface area contributed by atoms with Crippen molar-refractivity contribution < 1.29 is 4.79 Å². The molecule has 1 saturated carbocycles. The lowest BCUT2D eigenvalue weighted by Gasteiger charge is -2.29. The summed E-state index contributed by atoms with van der Waals surface area (Å²) < 4.78 is 2.03. The van der Waals surface area contributed by atoms with Crippen molar-refractivity contribution in [1.82, 2.24) is 30.0 Å². The third-order valence-electron chi connectivity index (χ3n) is 5.68. The molecular weight excluding hydrogens is 364 g/mol. The lowest BCUT2D eigenvalue weighted by atomic mass is 9.91. The predicted molar refractivity (Wildman–Crippen MR) is 110 cm³/mol. The molecule has 0 bridgehead atoms.